The van der Waals surface area contributed by atoms with Crippen LogP contribution in [0.4, 0.5) is 10.5 Å². The van der Waals surface area contributed by atoms with Gasteiger partial charge in [-0.15, -0.1) is 0 Å². The fraction of sp³-hybridized carbons (Fsp3) is 0.273. The van der Waals surface area contributed by atoms with E-state index in [0.717, 1.165) is 5.56 Å². The molecule has 3 rings (SSSR count). The number of hydrogen-bond acceptors (Lipinski definition) is 6. The Morgan fingerprint density at radius 3 is 2.65 bits per heavy atom. The Labute approximate surface area is 179 Å². The zero-order valence-electron chi connectivity index (χ0n) is 17.3. The highest BCUT2D eigenvalue weighted by Crippen LogP contribution is 2.25. The van der Waals surface area contributed by atoms with Crippen LogP contribution >= 0.6 is 0 Å². The van der Waals surface area contributed by atoms with Gasteiger partial charge in [-0.25, -0.2) is 4.79 Å². The molecule has 2 aromatic heterocycles. The molecule has 0 unspecified atom stereocenters. The van der Waals surface area contributed by atoms with E-state index in [-0.39, 0.29) is 19.8 Å². The molecule has 3 aromatic rings. The number of fused-ring (bicyclic) bond motifs is 1. The summed E-state index contributed by atoms with van der Waals surface area (Å²) in [6, 6.07) is 11.8. The number of amides is 2. The first-order chi connectivity index (χ1) is 15.0. The summed E-state index contributed by atoms with van der Waals surface area (Å²) in [5.41, 5.74) is 2.48. The number of nitrogens with one attached hydrogen (secondary N) is 2. The Morgan fingerprint density at radius 1 is 1.13 bits per heavy atom. The lowest BCUT2D eigenvalue weighted by Gasteiger charge is -2.24. The van der Waals surface area contributed by atoms with E-state index in [2.05, 4.69) is 15.3 Å². The summed E-state index contributed by atoms with van der Waals surface area (Å²) < 4.78 is 10.2. The summed E-state index contributed by atoms with van der Waals surface area (Å²) in [6.07, 6.45) is 2.45. The van der Waals surface area contributed by atoms with Crippen molar-refractivity contribution in [1.29, 1.82) is 0 Å². The third-order valence-electron chi connectivity index (χ3n) is 4.48. The van der Waals surface area contributed by atoms with E-state index in [0.29, 0.717) is 16.7 Å². The Bertz CT molecular complexity index is 1050. The zero-order chi connectivity index (χ0) is 22.2. The number of alkyl carbamates (subject to hydrolysis) is 1. The standard InChI is InChI=1S/C22H24N4O5/c1-3-30-19(27)13-26(18-12-24-17-10-7-11-23-20(17)18)21(28)15(2)25-22(29)31-14-16-8-5-4-6-9-16/h4-12,15,24H,3,13-14H2,1-2H3,(H,25,29)/t15-/m1/s1. The van der Waals surface area contributed by atoms with Gasteiger partial charge in [0.2, 0.25) is 5.91 Å². The number of ether oxygens (including phenoxy) is 2. The van der Waals surface area contributed by atoms with Gasteiger partial charge in [0.1, 0.15) is 24.7 Å². The third-order valence-corrected chi connectivity index (χ3v) is 4.48. The van der Waals surface area contributed by atoms with Crippen LogP contribution in [-0.2, 0) is 25.7 Å². The highest BCUT2D eigenvalue weighted by molar-refractivity contribution is 6.06. The molecule has 9 nitrogen and oxygen atoms in total. The second-order valence-corrected chi connectivity index (χ2v) is 6.73. The van der Waals surface area contributed by atoms with E-state index in [1.54, 1.807) is 25.4 Å². The molecule has 0 bridgehead atoms. The van der Waals surface area contributed by atoms with Crippen LogP contribution in [0.2, 0.25) is 0 Å². The second-order valence-electron chi connectivity index (χ2n) is 6.73. The zero-order valence-corrected chi connectivity index (χ0v) is 17.3. The number of aromatic nitrogens is 2. The minimum Gasteiger partial charge on any atom is -0.465 e. The number of carbonyl (C=O) groups is 3. The topological polar surface area (TPSA) is 114 Å². The van der Waals surface area contributed by atoms with Crippen LogP contribution in [0.25, 0.3) is 11.0 Å². The van der Waals surface area contributed by atoms with Crippen LogP contribution in [0.15, 0.2) is 54.9 Å². The summed E-state index contributed by atoms with van der Waals surface area (Å²) in [5, 5.41) is 2.51. The van der Waals surface area contributed by atoms with Crippen molar-refractivity contribution in [1.82, 2.24) is 15.3 Å². The number of nitrogens with zero attached hydrogens (tertiary/aromatic N) is 2. The number of H-pyrrole nitrogens is 1. The quantitative estimate of drug-likeness (QED) is 0.538. The van der Waals surface area contributed by atoms with Crippen LogP contribution in [-0.4, -0.2) is 47.1 Å². The van der Waals surface area contributed by atoms with Crippen molar-refractivity contribution in [3.8, 4) is 0 Å². The average Bonchev–Trinajstić information content (AvgIpc) is 3.20. The van der Waals surface area contributed by atoms with Crippen molar-refractivity contribution in [2.24, 2.45) is 0 Å². The molecule has 2 N–H and O–H groups in total. The van der Waals surface area contributed by atoms with Crippen molar-refractivity contribution in [3.63, 3.8) is 0 Å². The molecule has 2 amide bonds. The molecule has 0 aliphatic heterocycles. The number of anilines is 1. The average molecular weight is 424 g/mol. The van der Waals surface area contributed by atoms with Gasteiger partial charge in [-0.05, 0) is 31.5 Å². The predicted octanol–water partition coefficient (Wildman–Crippen LogP) is 2.77. The third kappa shape index (κ3) is 5.59. The Kier molecular flexibility index (Phi) is 7.21. The number of hydrogen-bond donors (Lipinski definition) is 2. The smallest absolute Gasteiger partial charge is 0.408 e. The number of carbonyl (C=O) groups excluding carboxylic acids is 3. The fourth-order valence-corrected chi connectivity index (χ4v) is 3.00. The maximum atomic E-state index is 13.1. The van der Waals surface area contributed by atoms with Gasteiger partial charge in [-0.3, -0.25) is 19.5 Å². The van der Waals surface area contributed by atoms with E-state index >= 15 is 0 Å². The van der Waals surface area contributed by atoms with Crippen LogP contribution < -0.4 is 10.2 Å². The van der Waals surface area contributed by atoms with E-state index in [9.17, 15) is 14.4 Å². The minimum atomic E-state index is -0.952. The minimum absolute atomic E-state index is 0.0759. The highest BCUT2D eigenvalue weighted by Gasteiger charge is 2.28. The molecule has 31 heavy (non-hydrogen) atoms. The Balaban J connectivity index is 1.72. The summed E-state index contributed by atoms with van der Waals surface area (Å²) in [6.45, 7) is 3.15. The lowest BCUT2D eigenvalue weighted by molar-refractivity contribution is -0.142. The lowest BCUT2D eigenvalue weighted by atomic mass is 10.2. The molecule has 2 heterocycles. The monoisotopic (exact) mass is 424 g/mol. The maximum absolute atomic E-state index is 13.1. The first kappa shape index (κ1) is 21.8. The van der Waals surface area contributed by atoms with Crippen LogP contribution in [0.5, 0.6) is 0 Å². The number of esters is 1. The van der Waals surface area contributed by atoms with E-state index < -0.39 is 24.0 Å². The van der Waals surface area contributed by atoms with Crippen LogP contribution in [0.3, 0.4) is 0 Å². The van der Waals surface area contributed by atoms with Crippen LogP contribution in [0, 0.1) is 0 Å². The molecule has 0 saturated carbocycles. The van der Waals surface area contributed by atoms with E-state index in [4.69, 9.17) is 9.47 Å². The SMILES string of the molecule is CCOC(=O)CN(C(=O)[C@@H](C)NC(=O)OCc1ccccc1)c1c[nH]c2cccnc12. The number of rotatable bonds is 8. The van der Waals surface area contributed by atoms with Crippen LogP contribution in [0.1, 0.15) is 19.4 Å². The first-order valence-electron chi connectivity index (χ1n) is 9.86. The molecule has 0 fully saturated rings. The largest absolute Gasteiger partial charge is 0.465 e. The highest BCUT2D eigenvalue weighted by atomic mass is 16.5. The van der Waals surface area contributed by atoms with Crippen molar-refractivity contribution in [2.45, 2.75) is 26.5 Å². The van der Waals surface area contributed by atoms with Gasteiger partial charge in [-0.2, -0.15) is 0 Å². The van der Waals surface area contributed by atoms with Crippen molar-refractivity contribution < 1.29 is 23.9 Å². The fourth-order valence-electron chi connectivity index (χ4n) is 3.00. The molecule has 9 heteroatoms. The van der Waals surface area contributed by atoms with Gasteiger partial charge in [0.15, 0.2) is 0 Å². The lowest BCUT2D eigenvalue weighted by Crippen LogP contribution is -2.49. The Morgan fingerprint density at radius 2 is 1.90 bits per heavy atom. The molecule has 1 aromatic carbocycles. The number of benzene rings is 1. The van der Waals surface area contributed by atoms with Gasteiger partial charge in [0.05, 0.1) is 17.8 Å². The summed E-state index contributed by atoms with van der Waals surface area (Å²) in [5.74, 6) is -1.07. The Hall–Kier alpha value is -3.88. The van der Waals surface area contributed by atoms with Gasteiger partial charge >= 0.3 is 12.1 Å². The molecule has 0 aliphatic rings. The summed E-state index contributed by atoms with van der Waals surface area (Å²) >= 11 is 0. The molecular weight excluding hydrogens is 400 g/mol. The maximum Gasteiger partial charge on any atom is 0.408 e. The van der Waals surface area contributed by atoms with Gasteiger partial charge in [0.25, 0.3) is 0 Å². The van der Waals surface area contributed by atoms with Gasteiger partial charge in [0, 0.05) is 12.4 Å². The summed E-state index contributed by atoms with van der Waals surface area (Å²) in [7, 11) is 0. The summed E-state index contributed by atoms with van der Waals surface area (Å²) in [4.78, 5) is 46.0. The molecule has 1 atom stereocenters. The van der Waals surface area contributed by atoms with E-state index in [1.165, 1.54) is 11.8 Å². The molecule has 0 aliphatic carbocycles. The predicted molar refractivity (Wildman–Crippen MR) is 114 cm³/mol. The van der Waals surface area contributed by atoms with Crippen molar-refractivity contribution >= 4 is 34.7 Å². The normalized spacial score (nSPS) is 11.5. The van der Waals surface area contributed by atoms with Crippen molar-refractivity contribution in [2.75, 3.05) is 18.1 Å². The molecule has 0 spiro atoms. The molecule has 162 valence electrons. The molecular formula is C22H24N4O5. The van der Waals surface area contributed by atoms with Crippen molar-refractivity contribution in [3.05, 3.63) is 60.4 Å². The van der Waals surface area contributed by atoms with Gasteiger partial charge < -0.3 is 19.8 Å². The van der Waals surface area contributed by atoms with Gasteiger partial charge in [-0.1, -0.05) is 30.3 Å². The molecule has 0 saturated heterocycles. The molecule has 0 radical (unpaired) electrons. The number of pyridine rings is 1. The second kappa shape index (κ2) is 10.2. The number of aromatic amines is 1. The first-order valence-corrected chi connectivity index (χ1v) is 9.86. The van der Waals surface area contributed by atoms with E-state index in [1.807, 2.05) is 36.4 Å².